The second kappa shape index (κ2) is 9.22. The average molecular weight is 484 g/mol. The van der Waals surface area contributed by atoms with Gasteiger partial charge in [0.15, 0.2) is 0 Å². The van der Waals surface area contributed by atoms with Crippen molar-refractivity contribution in [3.63, 3.8) is 0 Å². The summed E-state index contributed by atoms with van der Waals surface area (Å²) in [6.07, 6.45) is 2.86. The lowest BCUT2D eigenvalue weighted by Gasteiger charge is -2.30. The van der Waals surface area contributed by atoms with E-state index >= 15 is 0 Å². The average Bonchev–Trinajstić information content (AvgIpc) is 3.35. The Morgan fingerprint density at radius 3 is 2.66 bits per heavy atom. The lowest BCUT2D eigenvalue weighted by Crippen LogP contribution is -2.46. The van der Waals surface area contributed by atoms with Gasteiger partial charge in [0, 0.05) is 25.9 Å². The maximum atomic E-state index is 14.8. The van der Waals surface area contributed by atoms with Crippen LogP contribution < -0.4 is 0 Å². The lowest BCUT2D eigenvalue weighted by atomic mass is 10.1. The quantitative estimate of drug-likeness (QED) is 0.409. The van der Waals surface area contributed by atoms with Crippen molar-refractivity contribution in [3.8, 4) is 11.3 Å². The zero-order valence-corrected chi connectivity index (χ0v) is 20.0. The van der Waals surface area contributed by atoms with Crippen molar-refractivity contribution in [1.29, 1.82) is 0 Å². The Hall–Kier alpha value is -2.41. The fourth-order valence-corrected chi connectivity index (χ4v) is 5.82. The number of sulfonamides is 1. The number of halogens is 1. The minimum atomic E-state index is -4.38. The van der Waals surface area contributed by atoms with Crippen LogP contribution in [0, 0.1) is 5.82 Å². The molecule has 0 spiro atoms. The summed E-state index contributed by atoms with van der Waals surface area (Å²) in [5, 5.41) is 4.11. The summed E-state index contributed by atoms with van der Waals surface area (Å²) in [5.41, 5.74) is 1.23. The maximum Gasteiger partial charge on any atom is 0.326 e. The number of fused-ring (bicyclic) bond motifs is 1. The smallest absolute Gasteiger partial charge is 0.326 e. The molecule has 1 aromatic carbocycles. The molecule has 0 bridgehead atoms. The van der Waals surface area contributed by atoms with Gasteiger partial charge in [-0.25, -0.2) is 22.1 Å². The van der Waals surface area contributed by atoms with Crippen LogP contribution in [0.5, 0.6) is 0 Å². The fraction of sp³-hybridized carbons (Fsp3) is 0.450. The van der Waals surface area contributed by atoms with Crippen LogP contribution in [0.15, 0.2) is 24.4 Å². The van der Waals surface area contributed by atoms with Crippen molar-refractivity contribution in [1.82, 2.24) is 19.1 Å². The summed E-state index contributed by atoms with van der Waals surface area (Å²) in [6, 6.07) is 4.49. The number of thiazole rings is 1. The number of methoxy groups -OCH3 is 1. The molecule has 3 aromatic rings. The van der Waals surface area contributed by atoms with Crippen LogP contribution >= 0.6 is 11.3 Å². The molecule has 9 nitrogen and oxygen atoms in total. The topological polar surface area (TPSA) is 104 Å². The molecule has 0 aliphatic carbocycles. The molecule has 12 heteroatoms. The first-order valence-corrected chi connectivity index (χ1v) is 12.0. The monoisotopic (exact) mass is 483 g/mol. The predicted molar refractivity (Wildman–Crippen MR) is 119 cm³/mol. The van der Waals surface area contributed by atoms with Gasteiger partial charge in [-0.15, -0.1) is 11.3 Å². The molecule has 0 aliphatic rings. The van der Waals surface area contributed by atoms with Crippen LogP contribution in [0.3, 0.4) is 0 Å². The van der Waals surface area contributed by atoms with Gasteiger partial charge >= 0.3 is 6.41 Å². The highest BCUT2D eigenvalue weighted by molar-refractivity contribution is 7.90. The Kier molecular flexibility index (Phi) is 6.98. The van der Waals surface area contributed by atoms with E-state index in [1.54, 1.807) is 33.2 Å². The number of aromatic nitrogens is 3. The van der Waals surface area contributed by atoms with Crippen LogP contribution in [0.2, 0.25) is 0 Å². The number of amides is 1. The zero-order chi connectivity index (χ0) is 23.7. The number of rotatable bonds is 10. The molecule has 3 rings (SSSR count). The van der Waals surface area contributed by atoms with Gasteiger partial charge in [-0.1, -0.05) is 0 Å². The molecule has 2 aromatic heterocycles. The summed E-state index contributed by atoms with van der Waals surface area (Å²) in [7, 11) is -1.49. The molecule has 0 fully saturated rings. The number of hydrogen-bond donors (Lipinski definition) is 0. The third-order valence-corrected chi connectivity index (χ3v) is 8.51. The van der Waals surface area contributed by atoms with Crippen LogP contribution in [0.25, 0.3) is 21.5 Å². The molecule has 173 valence electrons. The summed E-state index contributed by atoms with van der Waals surface area (Å²) in [6.45, 7) is 4.66. The number of benzene rings is 1. The summed E-state index contributed by atoms with van der Waals surface area (Å²) < 4.78 is 54.6. The van der Waals surface area contributed by atoms with Crippen molar-refractivity contribution in [2.24, 2.45) is 7.05 Å². The van der Waals surface area contributed by atoms with Gasteiger partial charge in [-0.3, -0.25) is 9.48 Å². The zero-order valence-electron chi connectivity index (χ0n) is 18.3. The van der Waals surface area contributed by atoms with E-state index in [1.807, 2.05) is 0 Å². The minimum Gasteiger partial charge on any atom is -0.377 e. The normalized spacial score (nSPS) is 14.1. The van der Waals surface area contributed by atoms with E-state index in [4.69, 9.17) is 9.47 Å². The van der Waals surface area contributed by atoms with Crippen molar-refractivity contribution in [3.05, 3.63) is 35.2 Å². The van der Waals surface area contributed by atoms with Crippen LogP contribution in [-0.4, -0.2) is 60.3 Å². The highest BCUT2D eigenvalue weighted by atomic mass is 32.2. The number of nitrogens with zero attached hydrogens (tertiary/aromatic N) is 4. The molecular weight excluding hydrogens is 459 g/mol. The summed E-state index contributed by atoms with van der Waals surface area (Å²) in [5.74, 6) is -0.494. The lowest BCUT2D eigenvalue weighted by molar-refractivity contribution is 0.0630. The molecule has 1 atom stereocenters. The first kappa shape index (κ1) is 24.2. The molecule has 32 heavy (non-hydrogen) atoms. The first-order chi connectivity index (χ1) is 15.0. The van der Waals surface area contributed by atoms with Crippen molar-refractivity contribution in [2.75, 3.05) is 20.3 Å². The van der Waals surface area contributed by atoms with E-state index in [9.17, 15) is 17.6 Å². The number of carbonyl (C=O) groups excluding carboxylic acids is 1. The molecule has 0 saturated carbocycles. The Bertz CT molecular complexity index is 1220. The Balaban J connectivity index is 2.04. The fourth-order valence-electron chi connectivity index (χ4n) is 3.08. The van der Waals surface area contributed by atoms with E-state index in [0.29, 0.717) is 20.2 Å². The van der Waals surface area contributed by atoms with Crippen LogP contribution in [0.1, 0.15) is 25.8 Å². The third-order valence-electron chi connectivity index (χ3n) is 4.98. The molecule has 0 aliphatic heterocycles. The van der Waals surface area contributed by atoms with Crippen LogP contribution in [-0.2, 0) is 36.3 Å². The molecule has 1 radical (unpaired) electrons. The minimum absolute atomic E-state index is 0.00501. The maximum absolute atomic E-state index is 14.8. The molecule has 1 unspecified atom stereocenters. The highest BCUT2D eigenvalue weighted by Crippen LogP contribution is 2.39. The SMILES string of the molecule is COC(C)(c1nc2cc(-c3ccnn3C)c(F)cc2s1)S(=O)(=O)N([C]=O)CCOC(C)C. The Morgan fingerprint density at radius 2 is 2.09 bits per heavy atom. The molecular formula is C20H24FN4O5S2. The first-order valence-electron chi connectivity index (χ1n) is 9.71. The third kappa shape index (κ3) is 4.27. The van der Waals surface area contributed by atoms with Gasteiger partial charge in [0.2, 0.25) is 4.93 Å². The molecule has 0 saturated heterocycles. The van der Waals surface area contributed by atoms with E-state index in [2.05, 4.69) is 10.1 Å². The highest BCUT2D eigenvalue weighted by Gasteiger charge is 2.48. The summed E-state index contributed by atoms with van der Waals surface area (Å²) in [4.78, 5) is 13.9. The van der Waals surface area contributed by atoms with Crippen molar-refractivity contribution < 1.29 is 27.1 Å². The van der Waals surface area contributed by atoms with E-state index in [0.717, 1.165) is 11.3 Å². The second-order valence-corrected chi connectivity index (χ2v) is 10.6. The van der Waals surface area contributed by atoms with E-state index in [-0.39, 0.29) is 29.8 Å². The van der Waals surface area contributed by atoms with E-state index in [1.165, 1.54) is 37.3 Å². The number of aryl methyl sites for hydroxylation is 1. The number of hydrogen-bond acceptors (Lipinski definition) is 8. The number of ether oxygens (including phenoxy) is 2. The summed E-state index contributed by atoms with van der Waals surface area (Å²) >= 11 is 0.971. The molecule has 1 amide bonds. The van der Waals surface area contributed by atoms with Gasteiger partial charge in [0.1, 0.15) is 10.8 Å². The van der Waals surface area contributed by atoms with Gasteiger partial charge in [-0.05, 0) is 39.0 Å². The Morgan fingerprint density at radius 1 is 1.38 bits per heavy atom. The van der Waals surface area contributed by atoms with Gasteiger partial charge < -0.3 is 9.47 Å². The standard InChI is InChI=1S/C20H24FN4O5S2/c1-13(2)30-9-8-25(12-26)32(27,28)20(3,29-5)19-23-16-10-14(15(21)11-18(16)31-19)17-6-7-22-24(17)4/h6-7,10-11,13H,8-9H2,1-5H3. The van der Waals surface area contributed by atoms with Crippen molar-refractivity contribution >= 4 is 38.0 Å². The predicted octanol–water partition coefficient (Wildman–Crippen LogP) is 2.78. The van der Waals surface area contributed by atoms with E-state index < -0.39 is 20.8 Å². The van der Waals surface area contributed by atoms with Gasteiger partial charge in [-0.2, -0.15) is 5.10 Å². The van der Waals surface area contributed by atoms with Gasteiger partial charge in [0.25, 0.3) is 10.0 Å². The molecule has 0 N–H and O–H groups in total. The van der Waals surface area contributed by atoms with Gasteiger partial charge in [0.05, 0.1) is 35.2 Å². The largest absolute Gasteiger partial charge is 0.377 e. The van der Waals surface area contributed by atoms with Crippen molar-refractivity contribution in [2.45, 2.75) is 31.8 Å². The van der Waals surface area contributed by atoms with Crippen LogP contribution in [0.4, 0.5) is 4.39 Å². The molecule has 2 heterocycles. The Labute approximate surface area is 189 Å². The second-order valence-electron chi connectivity index (χ2n) is 7.40.